The van der Waals surface area contributed by atoms with Crippen molar-refractivity contribution in [2.45, 2.75) is 25.3 Å². The van der Waals surface area contributed by atoms with Gasteiger partial charge in [-0.2, -0.15) is 0 Å². The summed E-state index contributed by atoms with van der Waals surface area (Å²) in [4.78, 5) is 4.17. The van der Waals surface area contributed by atoms with Gasteiger partial charge in [0.25, 0.3) is 0 Å². The third kappa shape index (κ3) is 1.25. The van der Waals surface area contributed by atoms with E-state index in [2.05, 4.69) is 25.0 Å². The molecule has 2 heterocycles. The van der Waals surface area contributed by atoms with Crippen molar-refractivity contribution in [3.05, 3.63) is 37.1 Å². The minimum absolute atomic E-state index is 0.0360. The summed E-state index contributed by atoms with van der Waals surface area (Å²) in [6, 6.07) is 4.11. The number of rotatable bonds is 1. The number of quaternary nitrogens is 1. The van der Waals surface area contributed by atoms with Crippen molar-refractivity contribution in [1.82, 2.24) is 4.98 Å². The van der Waals surface area contributed by atoms with E-state index < -0.39 is 0 Å². The van der Waals surface area contributed by atoms with Crippen LogP contribution in [0.1, 0.15) is 25.3 Å². The molecule has 14 heavy (non-hydrogen) atoms. The Balaban J connectivity index is 2.42. The van der Waals surface area contributed by atoms with E-state index in [0.717, 1.165) is 13.0 Å². The molecule has 2 heteroatoms. The van der Waals surface area contributed by atoms with Crippen LogP contribution in [0.3, 0.4) is 0 Å². The van der Waals surface area contributed by atoms with Crippen LogP contribution in [0.4, 0.5) is 0 Å². The highest BCUT2D eigenvalue weighted by Gasteiger charge is 2.47. The van der Waals surface area contributed by atoms with Gasteiger partial charge in [-0.3, -0.25) is 4.98 Å². The second-order valence-corrected chi connectivity index (χ2v) is 4.61. The first-order valence-electron chi connectivity index (χ1n) is 5.11. The van der Waals surface area contributed by atoms with E-state index in [0.29, 0.717) is 4.48 Å². The zero-order valence-electron chi connectivity index (χ0n) is 8.90. The number of nitrogens with zero attached hydrogens (tertiary/aromatic N) is 2. The van der Waals surface area contributed by atoms with Gasteiger partial charge in [0.15, 0.2) is 0 Å². The van der Waals surface area contributed by atoms with Crippen molar-refractivity contribution in [2.24, 2.45) is 0 Å². The molecule has 1 aromatic rings. The molecular formula is C12H17N2+. The van der Waals surface area contributed by atoms with Crippen LogP contribution in [-0.2, 0) is 5.54 Å². The van der Waals surface area contributed by atoms with Crippen molar-refractivity contribution in [3.8, 4) is 0 Å². The number of hydrogen-bond acceptors (Lipinski definition) is 1. The van der Waals surface area contributed by atoms with E-state index in [1.807, 2.05) is 18.5 Å². The van der Waals surface area contributed by atoms with Gasteiger partial charge in [0.2, 0.25) is 7.05 Å². The van der Waals surface area contributed by atoms with E-state index in [1.165, 1.54) is 12.0 Å². The van der Waals surface area contributed by atoms with Crippen LogP contribution in [-0.4, -0.2) is 23.1 Å². The van der Waals surface area contributed by atoms with Gasteiger partial charge in [-0.1, -0.05) is 0 Å². The first kappa shape index (κ1) is 9.66. The summed E-state index contributed by atoms with van der Waals surface area (Å²) >= 11 is 0. The molecule has 0 saturated carbocycles. The molecule has 1 saturated heterocycles. The summed E-state index contributed by atoms with van der Waals surface area (Å²) in [5.41, 5.74) is 1.29. The highest BCUT2D eigenvalue weighted by atomic mass is 15.4. The summed E-state index contributed by atoms with van der Waals surface area (Å²) in [5.74, 6) is 0. The van der Waals surface area contributed by atoms with Crippen LogP contribution in [0, 0.1) is 7.05 Å². The van der Waals surface area contributed by atoms with Crippen LogP contribution in [0.15, 0.2) is 24.5 Å². The maximum Gasteiger partial charge on any atom is 0.207 e. The fraction of sp³-hybridized carbons (Fsp3) is 0.500. The molecular weight excluding hydrogens is 172 g/mol. The first-order valence-corrected chi connectivity index (χ1v) is 5.11. The van der Waals surface area contributed by atoms with Crippen molar-refractivity contribution >= 4 is 0 Å². The Labute approximate surface area is 86.2 Å². The quantitative estimate of drug-likeness (QED) is 0.617. The molecule has 0 aliphatic carbocycles. The van der Waals surface area contributed by atoms with E-state index >= 15 is 0 Å². The molecule has 2 nitrogen and oxygen atoms in total. The summed E-state index contributed by atoms with van der Waals surface area (Å²) in [5, 5.41) is 0. The molecule has 2 radical (unpaired) electrons. The second kappa shape index (κ2) is 3.06. The molecule has 2 atom stereocenters. The van der Waals surface area contributed by atoms with Crippen molar-refractivity contribution in [2.75, 3.05) is 13.6 Å². The molecule has 1 aliphatic heterocycles. The average molecular weight is 189 g/mol. The molecule has 2 unspecified atom stereocenters. The van der Waals surface area contributed by atoms with Gasteiger partial charge in [0, 0.05) is 30.8 Å². The Morgan fingerprint density at radius 2 is 2.36 bits per heavy atom. The van der Waals surface area contributed by atoms with Crippen molar-refractivity contribution < 1.29 is 4.48 Å². The Bertz CT molecular complexity index is 318. The fourth-order valence-electron chi connectivity index (χ4n) is 2.37. The summed E-state index contributed by atoms with van der Waals surface area (Å²) in [6.07, 6.45) is 6.08. The number of hydrogen-bond donors (Lipinski definition) is 0. The van der Waals surface area contributed by atoms with Crippen LogP contribution >= 0.6 is 0 Å². The topological polar surface area (TPSA) is 12.9 Å². The van der Waals surface area contributed by atoms with E-state index in [9.17, 15) is 0 Å². The number of pyridine rings is 1. The Hall–Kier alpha value is -0.890. The van der Waals surface area contributed by atoms with Gasteiger partial charge in [0.05, 0.1) is 13.6 Å². The smallest absolute Gasteiger partial charge is 0.207 e. The molecule has 1 aromatic heterocycles. The van der Waals surface area contributed by atoms with Crippen LogP contribution < -0.4 is 0 Å². The lowest BCUT2D eigenvalue weighted by Crippen LogP contribution is -2.49. The normalized spacial score (nSPS) is 30.5. The van der Waals surface area contributed by atoms with Gasteiger partial charge in [-0.25, -0.2) is 0 Å². The molecule has 0 spiro atoms. The average Bonchev–Trinajstić information content (AvgIpc) is 2.44. The lowest BCUT2D eigenvalue weighted by atomic mass is 9.89. The van der Waals surface area contributed by atoms with Crippen LogP contribution in [0.25, 0.3) is 0 Å². The lowest BCUT2D eigenvalue weighted by Gasteiger charge is -2.39. The number of aromatic nitrogens is 1. The van der Waals surface area contributed by atoms with Gasteiger partial charge < -0.3 is 4.48 Å². The Kier molecular flexibility index (Phi) is 2.11. The highest BCUT2D eigenvalue weighted by molar-refractivity contribution is 5.18. The molecule has 2 rings (SSSR count). The fourth-order valence-corrected chi connectivity index (χ4v) is 2.37. The van der Waals surface area contributed by atoms with Crippen LogP contribution in [0.2, 0.25) is 0 Å². The maximum atomic E-state index is 6.30. The van der Waals surface area contributed by atoms with E-state index in [1.54, 1.807) is 0 Å². The van der Waals surface area contributed by atoms with E-state index in [-0.39, 0.29) is 5.54 Å². The molecule has 0 amide bonds. The maximum absolute atomic E-state index is 6.30. The highest BCUT2D eigenvalue weighted by Crippen LogP contribution is 2.42. The summed E-state index contributed by atoms with van der Waals surface area (Å²) in [6.45, 7) is 3.28. The minimum atomic E-state index is 0.0360. The SMILES string of the molecule is [CH][N+]1(C)CCCC1(C)c1cccnc1. The summed E-state index contributed by atoms with van der Waals surface area (Å²) < 4.78 is 0.582. The molecule has 0 bridgehead atoms. The minimum Gasteiger partial charge on any atom is -0.305 e. The van der Waals surface area contributed by atoms with Crippen LogP contribution in [0.5, 0.6) is 0 Å². The zero-order chi connectivity index (χ0) is 10.2. The second-order valence-electron chi connectivity index (χ2n) is 4.61. The predicted molar refractivity (Wildman–Crippen MR) is 56.2 cm³/mol. The molecule has 74 valence electrons. The van der Waals surface area contributed by atoms with Gasteiger partial charge in [0.1, 0.15) is 5.54 Å². The Morgan fingerprint density at radius 3 is 2.86 bits per heavy atom. The van der Waals surface area contributed by atoms with Gasteiger partial charge in [-0.15, -0.1) is 0 Å². The molecule has 0 aromatic carbocycles. The molecule has 1 aliphatic rings. The van der Waals surface area contributed by atoms with Gasteiger partial charge >= 0.3 is 0 Å². The zero-order valence-corrected chi connectivity index (χ0v) is 8.90. The van der Waals surface area contributed by atoms with Gasteiger partial charge in [-0.05, 0) is 19.1 Å². The predicted octanol–water partition coefficient (Wildman–Crippen LogP) is 2.21. The first-order chi connectivity index (χ1) is 6.56. The molecule has 1 fully saturated rings. The molecule has 0 N–H and O–H groups in total. The third-order valence-corrected chi connectivity index (χ3v) is 3.70. The summed E-state index contributed by atoms with van der Waals surface area (Å²) in [7, 11) is 8.40. The lowest BCUT2D eigenvalue weighted by molar-refractivity contribution is -0.911. The Morgan fingerprint density at radius 1 is 1.57 bits per heavy atom. The van der Waals surface area contributed by atoms with Crippen molar-refractivity contribution in [1.29, 1.82) is 0 Å². The monoisotopic (exact) mass is 189 g/mol. The van der Waals surface area contributed by atoms with E-state index in [4.69, 9.17) is 7.05 Å². The largest absolute Gasteiger partial charge is 0.305 e. The van der Waals surface area contributed by atoms with Crippen molar-refractivity contribution in [3.63, 3.8) is 0 Å². The standard InChI is InChI=1S/C12H17N2/c1-12(7-5-9-14(12,2)3)11-6-4-8-13-10-11/h2,4,6,8,10H,5,7,9H2,1,3H3/q+1. The number of likely N-dealkylation sites (tertiary alicyclic amines) is 1. The third-order valence-electron chi connectivity index (χ3n) is 3.70.